The Morgan fingerprint density at radius 3 is 1.90 bits per heavy atom. The minimum atomic E-state index is -0.312. The molecule has 3 aliphatic rings. The Morgan fingerprint density at radius 1 is 0.646 bits per heavy atom. The van der Waals surface area contributed by atoms with E-state index in [-0.39, 0.29) is 18.2 Å². The third-order valence-electron chi connectivity index (χ3n) is 12.2. The van der Waals surface area contributed by atoms with Gasteiger partial charge in [0.1, 0.15) is 0 Å². The van der Waals surface area contributed by atoms with Crippen LogP contribution in [0.15, 0.2) is 54.6 Å². The van der Waals surface area contributed by atoms with Gasteiger partial charge in [-0.25, -0.2) is 0 Å². The van der Waals surface area contributed by atoms with Crippen LogP contribution in [0.4, 0.5) is 0 Å². The summed E-state index contributed by atoms with van der Waals surface area (Å²) in [6.45, 7) is 10.9. The average molecular weight is 661 g/mol. The highest BCUT2D eigenvalue weighted by Crippen LogP contribution is 2.49. The second kappa shape index (κ2) is 19.6. The summed E-state index contributed by atoms with van der Waals surface area (Å²) in [7, 11) is 0. The van der Waals surface area contributed by atoms with Gasteiger partial charge < -0.3 is 18.9 Å². The smallest absolute Gasteiger partial charge is 0.184 e. The van der Waals surface area contributed by atoms with E-state index in [1.54, 1.807) is 0 Å². The number of unbranched alkanes of at least 4 members (excludes halogenated alkanes) is 10. The van der Waals surface area contributed by atoms with Crippen molar-refractivity contribution in [2.24, 2.45) is 23.7 Å². The molecule has 5 rings (SSSR count). The van der Waals surface area contributed by atoms with Gasteiger partial charge in [0.2, 0.25) is 0 Å². The van der Waals surface area contributed by atoms with Gasteiger partial charge in [0, 0.05) is 23.3 Å². The van der Waals surface area contributed by atoms with Crippen molar-refractivity contribution in [1.82, 2.24) is 0 Å². The first kappa shape index (κ1) is 37.5. The first-order valence-corrected chi connectivity index (χ1v) is 20.2. The summed E-state index contributed by atoms with van der Waals surface area (Å²) in [6, 6.07) is 19.4. The van der Waals surface area contributed by atoms with Crippen LogP contribution in [0.5, 0.6) is 0 Å². The molecule has 1 aliphatic carbocycles. The number of hydrogen-bond donors (Lipinski definition) is 0. The topological polar surface area (TPSA) is 36.9 Å². The van der Waals surface area contributed by atoms with E-state index in [0.29, 0.717) is 29.8 Å². The van der Waals surface area contributed by atoms with Gasteiger partial charge in [0.15, 0.2) is 12.6 Å². The van der Waals surface area contributed by atoms with Crippen molar-refractivity contribution in [3.63, 3.8) is 0 Å². The molecule has 0 radical (unpaired) electrons. The Morgan fingerprint density at radius 2 is 1.25 bits per heavy atom. The van der Waals surface area contributed by atoms with Gasteiger partial charge >= 0.3 is 0 Å². The van der Waals surface area contributed by atoms with Crippen LogP contribution in [-0.4, -0.2) is 31.2 Å². The van der Waals surface area contributed by atoms with Gasteiger partial charge in [0.05, 0.1) is 24.9 Å². The Balaban J connectivity index is 1.16. The maximum atomic E-state index is 7.15. The largest absolute Gasteiger partial charge is 0.352 e. The molecule has 2 saturated heterocycles. The quantitative estimate of drug-likeness (QED) is 0.149. The van der Waals surface area contributed by atoms with E-state index in [1.807, 2.05) is 0 Å². The summed E-state index contributed by atoms with van der Waals surface area (Å²) in [5.74, 6) is 1.98. The third kappa shape index (κ3) is 10.4. The molecule has 2 heterocycles. The highest BCUT2D eigenvalue weighted by molar-refractivity contribution is 5.63. The Kier molecular flexibility index (Phi) is 15.3. The van der Waals surface area contributed by atoms with Crippen LogP contribution >= 0.6 is 0 Å². The van der Waals surface area contributed by atoms with E-state index in [4.69, 9.17) is 18.9 Å². The summed E-state index contributed by atoms with van der Waals surface area (Å²) < 4.78 is 26.7. The van der Waals surface area contributed by atoms with Crippen LogP contribution in [0.3, 0.4) is 0 Å². The van der Waals surface area contributed by atoms with Crippen molar-refractivity contribution in [3.8, 4) is 11.1 Å². The summed E-state index contributed by atoms with van der Waals surface area (Å²) in [4.78, 5) is 0. The van der Waals surface area contributed by atoms with Crippen LogP contribution in [0, 0.1) is 23.7 Å². The van der Waals surface area contributed by atoms with Crippen LogP contribution in [0.25, 0.3) is 11.1 Å². The number of rotatable bonds is 18. The van der Waals surface area contributed by atoms with Crippen molar-refractivity contribution >= 4 is 0 Å². The van der Waals surface area contributed by atoms with Crippen LogP contribution < -0.4 is 0 Å². The van der Waals surface area contributed by atoms with E-state index < -0.39 is 0 Å². The Labute approximate surface area is 294 Å². The van der Waals surface area contributed by atoms with Crippen molar-refractivity contribution in [2.75, 3.05) is 13.2 Å². The number of benzene rings is 2. The predicted octanol–water partition coefficient (Wildman–Crippen LogP) is 12.5. The lowest BCUT2D eigenvalue weighted by Gasteiger charge is -2.51. The summed E-state index contributed by atoms with van der Waals surface area (Å²) in [6.07, 6.45) is 23.1. The molecule has 4 heteroatoms. The summed E-state index contributed by atoms with van der Waals surface area (Å²) in [5.41, 5.74) is 3.40. The minimum Gasteiger partial charge on any atom is -0.352 e. The zero-order chi connectivity index (χ0) is 33.6. The van der Waals surface area contributed by atoms with Crippen molar-refractivity contribution in [2.45, 2.75) is 168 Å². The van der Waals surface area contributed by atoms with Crippen molar-refractivity contribution in [3.05, 3.63) is 60.2 Å². The fourth-order valence-corrected chi connectivity index (χ4v) is 8.76. The van der Waals surface area contributed by atoms with Gasteiger partial charge in [-0.15, -0.1) is 0 Å². The molecule has 48 heavy (non-hydrogen) atoms. The Hall–Kier alpha value is -1.72. The zero-order valence-electron chi connectivity index (χ0n) is 31.0. The van der Waals surface area contributed by atoms with Crippen LogP contribution in [0.1, 0.15) is 155 Å². The van der Waals surface area contributed by atoms with Crippen molar-refractivity contribution in [1.29, 1.82) is 0 Å². The SMILES string of the molecule is CCCCCCCCC1COC(C2CCC(C3(C)OC(c4ccc(-c5ccccc5)cc4)OCC3CCCCCCCC)CC2)OC1C. The standard InChI is InChI=1S/C44H68O4/c1-5-7-9-11-13-16-22-39-32-45-42(47-34(39)3)37-28-30-40(31-29-37)44(4)41(23-19-14-12-10-8-6-2)33-46-43(48-44)38-26-24-36(25-27-38)35-20-17-15-18-21-35/h15,17-18,20-21,24-27,34,37,39-43H,5-14,16,19,22-23,28-33H2,1-4H3. The number of hydrogen-bond acceptors (Lipinski definition) is 4. The van der Waals surface area contributed by atoms with Gasteiger partial charge in [0.25, 0.3) is 0 Å². The maximum Gasteiger partial charge on any atom is 0.184 e. The molecule has 1 saturated carbocycles. The molecule has 0 aromatic heterocycles. The first-order chi connectivity index (χ1) is 23.5. The van der Waals surface area contributed by atoms with E-state index in [1.165, 1.54) is 114 Å². The lowest BCUT2D eigenvalue weighted by molar-refractivity contribution is -0.304. The highest BCUT2D eigenvalue weighted by atomic mass is 16.7. The minimum absolute atomic E-state index is 0.0417. The lowest BCUT2D eigenvalue weighted by Crippen LogP contribution is -2.53. The van der Waals surface area contributed by atoms with E-state index in [0.717, 1.165) is 31.6 Å². The van der Waals surface area contributed by atoms with Gasteiger partial charge in [-0.1, -0.05) is 145 Å². The fraction of sp³-hybridized carbons (Fsp3) is 0.727. The molecule has 3 fully saturated rings. The molecule has 0 bridgehead atoms. The lowest BCUT2D eigenvalue weighted by atomic mass is 9.67. The number of ether oxygens (including phenoxy) is 4. The summed E-state index contributed by atoms with van der Waals surface area (Å²) >= 11 is 0. The van der Waals surface area contributed by atoms with Crippen molar-refractivity contribution < 1.29 is 18.9 Å². The first-order valence-electron chi connectivity index (χ1n) is 20.2. The normalized spacial score (nSPS) is 31.1. The average Bonchev–Trinajstić information content (AvgIpc) is 3.13. The van der Waals surface area contributed by atoms with E-state index >= 15 is 0 Å². The van der Waals surface area contributed by atoms with Crippen LogP contribution in [-0.2, 0) is 18.9 Å². The molecule has 0 amide bonds. The molecule has 2 aromatic rings. The highest BCUT2D eigenvalue weighted by Gasteiger charge is 2.49. The zero-order valence-corrected chi connectivity index (χ0v) is 31.0. The molecule has 2 aliphatic heterocycles. The molecule has 6 unspecified atom stereocenters. The van der Waals surface area contributed by atoms with Gasteiger partial charge in [-0.2, -0.15) is 0 Å². The van der Waals surface area contributed by atoms with Crippen LogP contribution in [0.2, 0.25) is 0 Å². The molecular formula is C44H68O4. The molecule has 4 nitrogen and oxygen atoms in total. The molecule has 2 aromatic carbocycles. The van der Waals surface area contributed by atoms with E-state index in [9.17, 15) is 0 Å². The monoisotopic (exact) mass is 661 g/mol. The second-order valence-corrected chi connectivity index (χ2v) is 15.7. The predicted molar refractivity (Wildman–Crippen MR) is 199 cm³/mol. The molecular weight excluding hydrogens is 592 g/mol. The third-order valence-corrected chi connectivity index (χ3v) is 12.2. The molecule has 0 N–H and O–H groups in total. The molecule has 6 atom stereocenters. The Bertz CT molecular complexity index is 1140. The van der Waals surface area contributed by atoms with Gasteiger partial charge in [-0.05, 0) is 69.4 Å². The fourth-order valence-electron chi connectivity index (χ4n) is 8.76. The second-order valence-electron chi connectivity index (χ2n) is 15.7. The summed E-state index contributed by atoms with van der Waals surface area (Å²) in [5, 5.41) is 0. The molecule has 0 spiro atoms. The maximum absolute atomic E-state index is 7.15. The molecule has 268 valence electrons. The van der Waals surface area contributed by atoms with Gasteiger partial charge in [-0.3, -0.25) is 0 Å². The van der Waals surface area contributed by atoms with E-state index in [2.05, 4.69) is 82.3 Å².